The van der Waals surface area contributed by atoms with E-state index in [2.05, 4.69) is 64.1 Å². The Morgan fingerprint density at radius 2 is 1.83 bits per heavy atom. The van der Waals surface area contributed by atoms with E-state index in [1.165, 1.54) is 27.5 Å². The number of benzene rings is 2. The lowest BCUT2D eigenvalue weighted by atomic mass is 9.94. The highest BCUT2D eigenvalue weighted by Gasteiger charge is 2.24. The Kier molecular flexibility index (Phi) is 2.28. The lowest BCUT2D eigenvalue weighted by molar-refractivity contribution is 0.161. The summed E-state index contributed by atoms with van der Waals surface area (Å²) in [6.07, 6.45) is 4.32. The van der Waals surface area contributed by atoms with Gasteiger partial charge in [-0.05, 0) is 50.8 Å². The monoisotopic (exact) mass is 238 g/mol. The molecule has 3 rings (SSSR count). The van der Waals surface area contributed by atoms with Crippen LogP contribution in [0.5, 0.6) is 5.75 Å². The molecule has 0 amide bonds. The van der Waals surface area contributed by atoms with Crippen LogP contribution in [0.2, 0.25) is 0 Å². The van der Waals surface area contributed by atoms with Crippen LogP contribution in [0.15, 0.2) is 30.3 Å². The number of hydrogen-bond donors (Lipinski definition) is 0. The van der Waals surface area contributed by atoms with Gasteiger partial charge in [-0.2, -0.15) is 0 Å². The molecule has 2 aromatic rings. The highest BCUT2D eigenvalue weighted by atomic mass is 16.5. The lowest BCUT2D eigenvalue weighted by Gasteiger charge is -2.29. The SMILES string of the molecule is Cc1ccc2cc(C)c3c(c2c1)OC(C)(C)C=C3. The first-order valence-corrected chi connectivity index (χ1v) is 6.38. The quantitative estimate of drug-likeness (QED) is 0.649. The van der Waals surface area contributed by atoms with Crippen molar-refractivity contribution >= 4 is 16.8 Å². The Bertz CT molecular complexity index is 663. The molecule has 0 atom stereocenters. The van der Waals surface area contributed by atoms with Gasteiger partial charge in [0.05, 0.1) is 0 Å². The van der Waals surface area contributed by atoms with Gasteiger partial charge in [0.1, 0.15) is 11.4 Å². The van der Waals surface area contributed by atoms with E-state index >= 15 is 0 Å². The van der Waals surface area contributed by atoms with E-state index in [1.807, 2.05) is 0 Å². The molecule has 0 aromatic heterocycles. The zero-order valence-electron chi connectivity index (χ0n) is 11.4. The van der Waals surface area contributed by atoms with E-state index < -0.39 is 0 Å². The molecule has 1 heterocycles. The molecular formula is C17H18O. The zero-order valence-corrected chi connectivity index (χ0v) is 11.4. The number of fused-ring (bicyclic) bond motifs is 3. The minimum atomic E-state index is -0.225. The molecule has 1 nitrogen and oxygen atoms in total. The van der Waals surface area contributed by atoms with Crippen molar-refractivity contribution in [3.05, 3.63) is 47.0 Å². The summed E-state index contributed by atoms with van der Waals surface area (Å²) in [5, 5.41) is 2.47. The Morgan fingerprint density at radius 1 is 1.06 bits per heavy atom. The van der Waals surface area contributed by atoms with Crippen molar-refractivity contribution in [1.82, 2.24) is 0 Å². The maximum Gasteiger partial charge on any atom is 0.135 e. The van der Waals surface area contributed by atoms with Gasteiger partial charge in [0.15, 0.2) is 0 Å². The molecule has 0 bridgehead atoms. The second-order valence-corrected chi connectivity index (χ2v) is 5.70. The molecule has 0 spiro atoms. The maximum absolute atomic E-state index is 6.18. The molecule has 1 heteroatoms. The number of hydrogen-bond acceptors (Lipinski definition) is 1. The first-order chi connectivity index (χ1) is 8.46. The molecule has 0 saturated carbocycles. The summed E-state index contributed by atoms with van der Waals surface area (Å²) in [5.74, 6) is 1.03. The highest BCUT2D eigenvalue weighted by molar-refractivity contribution is 5.94. The molecule has 0 radical (unpaired) electrons. The normalized spacial score (nSPS) is 16.4. The maximum atomic E-state index is 6.18. The minimum Gasteiger partial charge on any atom is -0.482 e. The van der Waals surface area contributed by atoms with Gasteiger partial charge in [-0.15, -0.1) is 0 Å². The summed E-state index contributed by atoms with van der Waals surface area (Å²) in [5.41, 5.74) is 3.53. The minimum absolute atomic E-state index is 0.225. The topological polar surface area (TPSA) is 9.23 Å². The van der Waals surface area contributed by atoms with Gasteiger partial charge >= 0.3 is 0 Å². The lowest BCUT2D eigenvalue weighted by Crippen LogP contribution is -2.27. The highest BCUT2D eigenvalue weighted by Crippen LogP contribution is 2.39. The molecule has 0 fully saturated rings. The predicted octanol–water partition coefficient (Wildman–Crippen LogP) is 4.64. The fourth-order valence-electron chi connectivity index (χ4n) is 2.53. The summed E-state index contributed by atoms with van der Waals surface area (Å²) in [7, 11) is 0. The fraction of sp³-hybridized carbons (Fsp3) is 0.294. The van der Waals surface area contributed by atoms with Crippen LogP contribution in [0.3, 0.4) is 0 Å². The Morgan fingerprint density at radius 3 is 2.61 bits per heavy atom. The summed E-state index contributed by atoms with van der Waals surface area (Å²) in [6, 6.07) is 8.77. The van der Waals surface area contributed by atoms with E-state index in [-0.39, 0.29) is 5.60 Å². The van der Waals surface area contributed by atoms with Crippen molar-refractivity contribution < 1.29 is 4.74 Å². The van der Waals surface area contributed by atoms with Crippen molar-refractivity contribution in [1.29, 1.82) is 0 Å². The van der Waals surface area contributed by atoms with Crippen LogP contribution >= 0.6 is 0 Å². The average Bonchev–Trinajstić information content (AvgIpc) is 2.29. The van der Waals surface area contributed by atoms with Crippen LogP contribution < -0.4 is 4.74 Å². The summed E-state index contributed by atoms with van der Waals surface area (Å²) < 4.78 is 6.18. The third-order valence-corrected chi connectivity index (χ3v) is 3.51. The van der Waals surface area contributed by atoms with Gasteiger partial charge in [0.25, 0.3) is 0 Å². The first kappa shape index (κ1) is 11.3. The zero-order chi connectivity index (χ0) is 12.9. The summed E-state index contributed by atoms with van der Waals surface area (Å²) in [6.45, 7) is 8.45. The largest absolute Gasteiger partial charge is 0.482 e. The molecule has 1 aliphatic heterocycles. The molecule has 18 heavy (non-hydrogen) atoms. The van der Waals surface area contributed by atoms with Crippen LogP contribution in [-0.4, -0.2) is 5.60 Å². The molecule has 92 valence electrons. The number of aryl methyl sites for hydroxylation is 2. The predicted molar refractivity (Wildman–Crippen MR) is 77.2 cm³/mol. The van der Waals surface area contributed by atoms with Gasteiger partial charge in [-0.25, -0.2) is 0 Å². The third kappa shape index (κ3) is 1.71. The van der Waals surface area contributed by atoms with Gasteiger partial charge in [0, 0.05) is 10.9 Å². The van der Waals surface area contributed by atoms with Crippen molar-refractivity contribution in [3.8, 4) is 5.75 Å². The van der Waals surface area contributed by atoms with Crippen LogP contribution in [0.25, 0.3) is 16.8 Å². The summed E-state index contributed by atoms with van der Waals surface area (Å²) in [4.78, 5) is 0. The van der Waals surface area contributed by atoms with Crippen LogP contribution in [0.4, 0.5) is 0 Å². The number of ether oxygens (including phenoxy) is 1. The van der Waals surface area contributed by atoms with E-state index in [9.17, 15) is 0 Å². The van der Waals surface area contributed by atoms with Crippen molar-refractivity contribution in [3.63, 3.8) is 0 Å². The van der Waals surface area contributed by atoms with Gasteiger partial charge in [-0.1, -0.05) is 29.8 Å². The van der Waals surface area contributed by atoms with E-state index in [0.29, 0.717) is 0 Å². The van der Waals surface area contributed by atoms with Gasteiger partial charge < -0.3 is 4.74 Å². The van der Waals surface area contributed by atoms with E-state index in [4.69, 9.17) is 4.74 Å². The number of rotatable bonds is 0. The molecule has 0 unspecified atom stereocenters. The van der Waals surface area contributed by atoms with Crippen molar-refractivity contribution in [2.24, 2.45) is 0 Å². The molecule has 0 aliphatic carbocycles. The van der Waals surface area contributed by atoms with Crippen molar-refractivity contribution in [2.45, 2.75) is 33.3 Å². The van der Waals surface area contributed by atoms with Gasteiger partial charge in [0.2, 0.25) is 0 Å². The van der Waals surface area contributed by atoms with Crippen molar-refractivity contribution in [2.75, 3.05) is 0 Å². The second-order valence-electron chi connectivity index (χ2n) is 5.70. The average molecular weight is 238 g/mol. The first-order valence-electron chi connectivity index (χ1n) is 6.38. The van der Waals surface area contributed by atoms with Crippen LogP contribution in [0.1, 0.15) is 30.5 Å². The molecule has 0 saturated heterocycles. The smallest absolute Gasteiger partial charge is 0.135 e. The Balaban J connectivity index is 2.38. The van der Waals surface area contributed by atoms with Crippen LogP contribution in [-0.2, 0) is 0 Å². The second kappa shape index (κ2) is 3.61. The molecule has 1 aliphatic rings. The summed E-state index contributed by atoms with van der Waals surface area (Å²) >= 11 is 0. The molecular weight excluding hydrogens is 220 g/mol. The molecule has 2 aromatic carbocycles. The van der Waals surface area contributed by atoms with E-state index in [0.717, 1.165) is 5.75 Å². The Hall–Kier alpha value is -1.76. The third-order valence-electron chi connectivity index (χ3n) is 3.51. The Labute approximate surface area is 108 Å². The van der Waals surface area contributed by atoms with E-state index in [1.54, 1.807) is 0 Å². The fourth-order valence-corrected chi connectivity index (χ4v) is 2.53. The standard InChI is InChI=1S/C17H18O/c1-11-5-6-13-10-12(2)14-7-8-17(3,4)18-16(14)15(13)9-11/h5-10H,1-4H3. The van der Waals surface area contributed by atoms with Crippen LogP contribution in [0, 0.1) is 13.8 Å². The molecule has 0 N–H and O–H groups in total. The van der Waals surface area contributed by atoms with Gasteiger partial charge in [-0.3, -0.25) is 0 Å².